The quantitative estimate of drug-likeness (QED) is 0.530. The molecule has 212 valence electrons. The molecule has 0 radical (unpaired) electrons. The van der Waals surface area contributed by atoms with E-state index in [1.54, 1.807) is 0 Å². The molecule has 0 aliphatic carbocycles. The number of carbonyl (C=O) groups is 2. The van der Waals surface area contributed by atoms with Gasteiger partial charge < -0.3 is 29.5 Å². The molecule has 8 heteroatoms. The number of hydrogen-bond acceptors (Lipinski definition) is 6. The molecule has 0 aromatic rings. The summed E-state index contributed by atoms with van der Waals surface area (Å²) in [5, 5.41) is 3.38. The summed E-state index contributed by atoms with van der Waals surface area (Å²) in [6.07, 6.45) is 5.43. The molecule has 1 spiro atoms. The molecule has 0 aromatic heterocycles. The van der Waals surface area contributed by atoms with Crippen molar-refractivity contribution >= 4 is 11.8 Å². The molecule has 4 fully saturated rings. The Morgan fingerprint density at radius 1 is 1.05 bits per heavy atom. The van der Waals surface area contributed by atoms with Gasteiger partial charge in [-0.25, -0.2) is 0 Å². The van der Waals surface area contributed by atoms with E-state index < -0.39 is 11.8 Å². The summed E-state index contributed by atoms with van der Waals surface area (Å²) in [7, 11) is 0. The third-order valence-electron chi connectivity index (χ3n) is 8.71. The fraction of sp³-hybridized carbons (Fsp3) is 0.931. The van der Waals surface area contributed by atoms with Crippen molar-refractivity contribution in [3.63, 3.8) is 0 Å². The Hall–Kier alpha value is -1.22. The minimum absolute atomic E-state index is 0.00308. The molecule has 1 N–H and O–H groups in total. The standard InChI is InChI=1S/C29H52N4O4/c1-21(2)15-24-26(34)33(14-10-30-24)25(16-22(3)4)27(35)32-13-9-29(17-23(32)5)36-19-28(6,20-37-29)18-31-11-7-8-12-31/h21-25,30H,7-20H2,1-6H3/t23-,24-,25-,28?,29?/m0/s1. The summed E-state index contributed by atoms with van der Waals surface area (Å²) in [5.74, 6) is 0.318. The number of piperidine rings is 1. The Labute approximate surface area is 224 Å². The predicted molar refractivity (Wildman–Crippen MR) is 145 cm³/mol. The van der Waals surface area contributed by atoms with Crippen LogP contribution in [0.15, 0.2) is 0 Å². The average molecular weight is 521 g/mol. The van der Waals surface area contributed by atoms with Crippen LogP contribution >= 0.6 is 0 Å². The molecule has 4 rings (SSSR count). The third-order valence-corrected chi connectivity index (χ3v) is 8.71. The second kappa shape index (κ2) is 11.9. The van der Waals surface area contributed by atoms with Gasteiger partial charge in [-0.15, -0.1) is 0 Å². The Balaban J connectivity index is 1.39. The highest BCUT2D eigenvalue weighted by molar-refractivity contribution is 5.90. The van der Waals surface area contributed by atoms with Crippen LogP contribution in [0, 0.1) is 17.3 Å². The van der Waals surface area contributed by atoms with Crippen LogP contribution < -0.4 is 5.32 Å². The minimum atomic E-state index is -0.596. The largest absolute Gasteiger partial charge is 0.349 e. The molecule has 4 heterocycles. The summed E-state index contributed by atoms with van der Waals surface area (Å²) >= 11 is 0. The van der Waals surface area contributed by atoms with E-state index in [1.807, 2.05) is 9.80 Å². The van der Waals surface area contributed by atoms with Crippen molar-refractivity contribution in [3.05, 3.63) is 0 Å². The average Bonchev–Trinajstić information content (AvgIpc) is 3.33. The molecule has 37 heavy (non-hydrogen) atoms. The topological polar surface area (TPSA) is 74.3 Å². The maximum absolute atomic E-state index is 14.0. The van der Waals surface area contributed by atoms with Gasteiger partial charge in [0.15, 0.2) is 5.79 Å². The first-order chi connectivity index (χ1) is 17.5. The first-order valence-corrected chi connectivity index (χ1v) is 14.9. The SMILES string of the molecule is CC(C)C[C@@H]1NCCN([C@@H](CC(C)C)C(=O)N2CCC3(C[C@@H]2C)OCC(C)(CN2CCCC2)CO3)C1=O. The van der Waals surface area contributed by atoms with E-state index in [1.165, 1.54) is 25.9 Å². The second-order valence-electron chi connectivity index (χ2n) is 13.4. The molecule has 0 aromatic carbocycles. The number of piperazine rings is 1. The van der Waals surface area contributed by atoms with Gasteiger partial charge in [-0.3, -0.25) is 9.59 Å². The molecule has 0 saturated carbocycles. The first kappa shape index (κ1) is 28.8. The maximum atomic E-state index is 14.0. The lowest BCUT2D eigenvalue weighted by Gasteiger charge is -2.51. The normalized spacial score (nSPS) is 34.6. The molecule has 3 atom stereocenters. The molecule has 2 amide bonds. The molecule has 4 saturated heterocycles. The van der Waals surface area contributed by atoms with Crippen molar-refractivity contribution in [2.45, 2.75) is 104 Å². The number of carbonyl (C=O) groups excluding carboxylic acids is 2. The summed E-state index contributed by atoms with van der Waals surface area (Å²) in [5.41, 5.74) is 0.0172. The molecule has 4 aliphatic heterocycles. The summed E-state index contributed by atoms with van der Waals surface area (Å²) in [6.45, 7) is 19.6. The van der Waals surface area contributed by atoms with E-state index in [9.17, 15) is 9.59 Å². The van der Waals surface area contributed by atoms with Crippen molar-refractivity contribution < 1.29 is 19.1 Å². The number of hydrogen-bond donors (Lipinski definition) is 1. The number of rotatable bonds is 8. The summed E-state index contributed by atoms with van der Waals surface area (Å²) in [6, 6.07) is -0.599. The van der Waals surface area contributed by atoms with Gasteiger partial charge >= 0.3 is 0 Å². The summed E-state index contributed by atoms with van der Waals surface area (Å²) in [4.78, 5) is 33.8. The van der Waals surface area contributed by atoms with Gasteiger partial charge in [0.2, 0.25) is 11.8 Å². The molecular weight excluding hydrogens is 468 g/mol. The summed E-state index contributed by atoms with van der Waals surface area (Å²) < 4.78 is 13.0. The smallest absolute Gasteiger partial charge is 0.245 e. The van der Waals surface area contributed by atoms with Gasteiger partial charge in [0, 0.05) is 50.5 Å². The lowest BCUT2D eigenvalue weighted by Crippen LogP contribution is -2.64. The zero-order valence-corrected chi connectivity index (χ0v) is 24.3. The van der Waals surface area contributed by atoms with Gasteiger partial charge in [-0.1, -0.05) is 34.6 Å². The van der Waals surface area contributed by atoms with Crippen molar-refractivity contribution in [1.82, 2.24) is 20.0 Å². The Bertz CT molecular complexity index is 789. The minimum Gasteiger partial charge on any atom is -0.349 e. The van der Waals surface area contributed by atoms with Crippen LogP contribution in [-0.4, -0.2) is 103 Å². The van der Waals surface area contributed by atoms with Crippen LogP contribution in [0.2, 0.25) is 0 Å². The van der Waals surface area contributed by atoms with Crippen LogP contribution in [0.25, 0.3) is 0 Å². The van der Waals surface area contributed by atoms with Crippen molar-refractivity contribution in [3.8, 4) is 0 Å². The fourth-order valence-electron chi connectivity index (χ4n) is 6.75. The van der Waals surface area contributed by atoms with Crippen LogP contribution in [0.3, 0.4) is 0 Å². The van der Waals surface area contributed by atoms with Crippen LogP contribution in [0.4, 0.5) is 0 Å². The highest BCUT2D eigenvalue weighted by atomic mass is 16.7. The number of amides is 2. The molecule has 0 unspecified atom stereocenters. The van der Waals surface area contributed by atoms with Crippen molar-refractivity contribution in [2.75, 3.05) is 52.5 Å². The Morgan fingerprint density at radius 2 is 1.73 bits per heavy atom. The Morgan fingerprint density at radius 3 is 2.32 bits per heavy atom. The van der Waals surface area contributed by atoms with Gasteiger partial charge in [0.25, 0.3) is 0 Å². The number of nitrogens with zero attached hydrogens (tertiary/aromatic N) is 3. The predicted octanol–water partition coefficient (Wildman–Crippen LogP) is 3.10. The lowest BCUT2D eigenvalue weighted by molar-refractivity contribution is -0.320. The maximum Gasteiger partial charge on any atom is 0.245 e. The van der Waals surface area contributed by atoms with Crippen molar-refractivity contribution in [1.29, 1.82) is 0 Å². The molecule has 0 bridgehead atoms. The Kier molecular flexibility index (Phi) is 9.25. The highest BCUT2D eigenvalue weighted by Gasteiger charge is 2.49. The van der Waals surface area contributed by atoms with Gasteiger partial charge in [0.05, 0.1) is 19.3 Å². The van der Waals surface area contributed by atoms with Crippen molar-refractivity contribution in [2.24, 2.45) is 17.3 Å². The molecular formula is C29H52N4O4. The van der Waals surface area contributed by atoms with Gasteiger partial charge in [-0.05, 0) is 57.5 Å². The monoisotopic (exact) mass is 520 g/mol. The fourth-order valence-corrected chi connectivity index (χ4v) is 6.75. The lowest BCUT2D eigenvalue weighted by atomic mass is 9.88. The van der Waals surface area contributed by atoms with E-state index in [4.69, 9.17) is 9.47 Å². The number of ether oxygens (including phenoxy) is 2. The zero-order valence-electron chi connectivity index (χ0n) is 24.3. The third kappa shape index (κ3) is 6.87. The second-order valence-corrected chi connectivity index (χ2v) is 13.4. The first-order valence-electron chi connectivity index (χ1n) is 14.9. The van der Waals surface area contributed by atoms with E-state index in [0.29, 0.717) is 57.4 Å². The van der Waals surface area contributed by atoms with Crippen LogP contribution in [0.1, 0.15) is 80.1 Å². The number of nitrogens with one attached hydrogen (secondary N) is 1. The van der Waals surface area contributed by atoms with E-state index in [2.05, 4.69) is 51.8 Å². The zero-order chi connectivity index (χ0) is 26.8. The number of likely N-dealkylation sites (tertiary alicyclic amines) is 2. The molecule has 8 nitrogen and oxygen atoms in total. The van der Waals surface area contributed by atoms with E-state index in [0.717, 1.165) is 19.5 Å². The highest BCUT2D eigenvalue weighted by Crippen LogP contribution is 2.39. The van der Waals surface area contributed by atoms with Crippen LogP contribution in [-0.2, 0) is 19.1 Å². The van der Waals surface area contributed by atoms with Crippen LogP contribution in [0.5, 0.6) is 0 Å². The van der Waals surface area contributed by atoms with E-state index in [-0.39, 0.29) is 29.3 Å². The van der Waals surface area contributed by atoms with Gasteiger partial charge in [-0.2, -0.15) is 0 Å². The van der Waals surface area contributed by atoms with E-state index >= 15 is 0 Å². The molecule has 4 aliphatic rings. The van der Waals surface area contributed by atoms with Gasteiger partial charge in [0.1, 0.15) is 6.04 Å².